The fourth-order valence-corrected chi connectivity index (χ4v) is 1.25. The number of aromatic amines is 1. The third-order valence-corrected chi connectivity index (χ3v) is 2.08. The standard InChI is InChI=1S/C10H13N5/c1-6-3-4-12-8(5-6)10-13-9(7(2)11)14-15-10/h3-5,7H,11H2,1-2H3,(H,13,14,15)/t7-/m0/s1. The van der Waals surface area contributed by atoms with Crippen LogP contribution in [-0.2, 0) is 0 Å². The van der Waals surface area contributed by atoms with Crippen LogP contribution >= 0.6 is 0 Å². The molecule has 0 aliphatic carbocycles. The number of hydrogen-bond donors (Lipinski definition) is 2. The molecular weight excluding hydrogens is 190 g/mol. The zero-order chi connectivity index (χ0) is 10.8. The molecule has 0 saturated heterocycles. The van der Waals surface area contributed by atoms with Gasteiger partial charge in [-0.15, -0.1) is 0 Å². The zero-order valence-electron chi connectivity index (χ0n) is 8.73. The topological polar surface area (TPSA) is 80.5 Å². The van der Waals surface area contributed by atoms with Gasteiger partial charge in [0, 0.05) is 6.20 Å². The van der Waals surface area contributed by atoms with E-state index in [1.807, 2.05) is 26.0 Å². The maximum absolute atomic E-state index is 5.68. The van der Waals surface area contributed by atoms with Gasteiger partial charge in [-0.1, -0.05) is 0 Å². The van der Waals surface area contributed by atoms with Gasteiger partial charge in [-0.25, -0.2) is 4.98 Å². The van der Waals surface area contributed by atoms with Crippen molar-refractivity contribution in [3.05, 3.63) is 29.7 Å². The molecule has 0 aliphatic rings. The molecule has 3 N–H and O–H groups in total. The summed E-state index contributed by atoms with van der Waals surface area (Å²) in [5.41, 5.74) is 7.57. The predicted molar refractivity (Wildman–Crippen MR) is 57.0 cm³/mol. The van der Waals surface area contributed by atoms with Crippen LogP contribution in [0.25, 0.3) is 11.5 Å². The molecule has 2 aromatic heterocycles. The molecule has 2 aromatic rings. The maximum Gasteiger partial charge on any atom is 0.199 e. The van der Waals surface area contributed by atoms with Crippen LogP contribution in [-0.4, -0.2) is 20.2 Å². The third-order valence-electron chi connectivity index (χ3n) is 2.08. The average molecular weight is 203 g/mol. The Labute approximate surface area is 87.8 Å². The van der Waals surface area contributed by atoms with E-state index >= 15 is 0 Å². The van der Waals surface area contributed by atoms with Gasteiger partial charge < -0.3 is 5.73 Å². The van der Waals surface area contributed by atoms with Crippen molar-refractivity contribution >= 4 is 0 Å². The lowest BCUT2D eigenvalue weighted by Gasteiger charge is -1.97. The smallest absolute Gasteiger partial charge is 0.199 e. The van der Waals surface area contributed by atoms with Crippen LogP contribution in [0, 0.1) is 6.92 Å². The van der Waals surface area contributed by atoms with Crippen molar-refractivity contribution in [1.29, 1.82) is 0 Å². The molecule has 0 aliphatic heterocycles. The molecule has 5 heteroatoms. The lowest BCUT2D eigenvalue weighted by atomic mass is 10.2. The normalized spacial score (nSPS) is 12.7. The third kappa shape index (κ3) is 2.02. The van der Waals surface area contributed by atoms with Crippen molar-refractivity contribution in [2.24, 2.45) is 5.73 Å². The van der Waals surface area contributed by atoms with Crippen LogP contribution in [0.2, 0.25) is 0 Å². The molecule has 0 fully saturated rings. The van der Waals surface area contributed by atoms with Crippen molar-refractivity contribution in [2.75, 3.05) is 0 Å². The number of nitrogens with two attached hydrogens (primary N) is 1. The molecule has 0 spiro atoms. The van der Waals surface area contributed by atoms with Gasteiger partial charge in [-0.05, 0) is 31.5 Å². The number of aromatic nitrogens is 4. The number of pyridine rings is 1. The van der Waals surface area contributed by atoms with Gasteiger partial charge in [0.2, 0.25) is 0 Å². The Kier molecular flexibility index (Phi) is 2.47. The lowest BCUT2D eigenvalue weighted by Crippen LogP contribution is -2.06. The first-order chi connectivity index (χ1) is 7.16. The SMILES string of the molecule is Cc1ccnc(-c2n[nH]c([C@H](C)N)n2)c1. The Hall–Kier alpha value is -1.75. The first-order valence-corrected chi connectivity index (χ1v) is 4.77. The van der Waals surface area contributed by atoms with Crippen LogP contribution in [0.5, 0.6) is 0 Å². The number of aryl methyl sites for hydroxylation is 1. The van der Waals surface area contributed by atoms with Crippen LogP contribution in [0.4, 0.5) is 0 Å². The molecule has 78 valence electrons. The van der Waals surface area contributed by atoms with Gasteiger partial charge in [0.15, 0.2) is 5.82 Å². The molecular formula is C10H13N5. The second kappa shape index (κ2) is 3.78. The molecule has 15 heavy (non-hydrogen) atoms. The molecule has 0 aromatic carbocycles. The molecule has 0 radical (unpaired) electrons. The summed E-state index contributed by atoms with van der Waals surface area (Å²) < 4.78 is 0. The van der Waals surface area contributed by atoms with Crippen molar-refractivity contribution in [3.8, 4) is 11.5 Å². The average Bonchev–Trinajstić information content (AvgIpc) is 2.66. The van der Waals surface area contributed by atoms with Crippen molar-refractivity contribution < 1.29 is 0 Å². The lowest BCUT2D eigenvalue weighted by molar-refractivity contribution is 0.745. The Bertz CT molecular complexity index is 460. The first kappa shape index (κ1) is 9.79. The minimum Gasteiger partial charge on any atom is -0.322 e. The largest absolute Gasteiger partial charge is 0.322 e. The molecule has 5 nitrogen and oxygen atoms in total. The van der Waals surface area contributed by atoms with E-state index in [0.717, 1.165) is 11.3 Å². The predicted octanol–water partition coefficient (Wildman–Crippen LogP) is 1.19. The molecule has 0 amide bonds. The van der Waals surface area contributed by atoms with Gasteiger partial charge in [-0.3, -0.25) is 10.1 Å². The quantitative estimate of drug-likeness (QED) is 0.768. The van der Waals surface area contributed by atoms with Crippen LogP contribution in [0.3, 0.4) is 0 Å². The van der Waals surface area contributed by atoms with E-state index in [4.69, 9.17) is 5.73 Å². The highest BCUT2D eigenvalue weighted by Crippen LogP contribution is 2.14. The summed E-state index contributed by atoms with van der Waals surface area (Å²) >= 11 is 0. The first-order valence-electron chi connectivity index (χ1n) is 4.77. The van der Waals surface area contributed by atoms with Gasteiger partial charge in [0.05, 0.1) is 6.04 Å². The summed E-state index contributed by atoms with van der Waals surface area (Å²) in [6.07, 6.45) is 1.74. The molecule has 2 heterocycles. The summed E-state index contributed by atoms with van der Waals surface area (Å²) in [6.45, 7) is 3.86. The van der Waals surface area contributed by atoms with Crippen molar-refractivity contribution in [2.45, 2.75) is 19.9 Å². The van der Waals surface area contributed by atoms with Gasteiger partial charge in [0.1, 0.15) is 11.5 Å². The second-order valence-corrected chi connectivity index (χ2v) is 3.55. The second-order valence-electron chi connectivity index (χ2n) is 3.55. The van der Waals surface area contributed by atoms with E-state index in [2.05, 4.69) is 20.2 Å². The van der Waals surface area contributed by atoms with E-state index in [0.29, 0.717) is 11.6 Å². The van der Waals surface area contributed by atoms with Gasteiger partial charge in [0.25, 0.3) is 0 Å². The number of hydrogen-bond acceptors (Lipinski definition) is 4. The van der Waals surface area contributed by atoms with E-state index in [9.17, 15) is 0 Å². The van der Waals surface area contributed by atoms with Crippen molar-refractivity contribution in [3.63, 3.8) is 0 Å². The Balaban J connectivity index is 2.37. The Morgan fingerprint density at radius 3 is 2.87 bits per heavy atom. The van der Waals surface area contributed by atoms with Crippen LogP contribution in [0.1, 0.15) is 24.4 Å². The highest BCUT2D eigenvalue weighted by molar-refractivity contribution is 5.49. The van der Waals surface area contributed by atoms with Crippen molar-refractivity contribution in [1.82, 2.24) is 20.2 Å². The van der Waals surface area contributed by atoms with E-state index in [1.165, 1.54) is 0 Å². The number of nitrogens with one attached hydrogen (secondary N) is 1. The summed E-state index contributed by atoms with van der Waals surface area (Å²) in [5.74, 6) is 1.26. The molecule has 0 bridgehead atoms. The van der Waals surface area contributed by atoms with E-state index in [-0.39, 0.29) is 6.04 Å². The summed E-state index contributed by atoms with van der Waals surface area (Å²) in [7, 11) is 0. The molecule has 2 rings (SSSR count). The Morgan fingerprint density at radius 2 is 2.27 bits per heavy atom. The fraction of sp³-hybridized carbons (Fsp3) is 0.300. The molecule has 0 saturated carbocycles. The van der Waals surface area contributed by atoms with Crippen LogP contribution in [0.15, 0.2) is 18.3 Å². The number of rotatable bonds is 2. The molecule has 1 atom stereocenters. The summed E-state index contributed by atoms with van der Waals surface area (Å²) in [6, 6.07) is 3.73. The molecule has 0 unspecified atom stereocenters. The fourth-order valence-electron chi connectivity index (χ4n) is 1.25. The highest BCUT2D eigenvalue weighted by atomic mass is 15.2. The number of H-pyrrole nitrogens is 1. The highest BCUT2D eigenvalue weighted by Gasteiger charge is 2.09. The minimum atomic E-state index is -0.143. The minimum absolute atomic E-state index is 0.143. The van der Waals surface area contributed by atoms with E-state index in [1.54, 1.807) is 6.20 Å². The van der Waals surface area contributed by atoms with Gasteiger partial charge in [-0.2, -0.15) is 5.10 Å². The zero-order valence-corrected chi connectivity index (χ0v) is 8.73. The summed E-state index contributed by atoms with van der Waals surface area (Å²) in [4.78, 5) is 8.46. The number of nitrogens with zero attached hydrogens (tertiary/aromatic N) is 3. The summed E-state index contributed by atoms with van der Waals surface area (Å²) in [5, 5.41) is 6.87. The maximum atomic E-state index is 5.68. The Morgan fingerprint density at radius 1 is 1.47 bits per heavy atom. The van der Waals surface area contributed by atoms with E-state index < -0.39 is 0 Å². The van der Waals surface area contributed by atoms with Gasteiger partial charge >= 0.3 is 0 Å². The van der Waals surface area contributed by atoms with Crippen LogP contribution < -0.4 is 5.73 Å². The monoisotopic (exact) mass is 203 g/mol.